The SMILES string of the molecule is Fc1ccc(F)c(-c2ccnc(CCCl)n2)c1. The van der Waals surface area contributed by atoms with E-state index in [1.54, 1.807) is 0 Å². The summed E-state index contributed by atoms with van der Waals surface area (Å²) in [4.78, 5) is 8.13. The molecule has 1 heterocycles. The number of aryl methyl sites for hydroxylation is 1. The van der Waals surface area contributed by atoms with Gasteiger partial charge in [0, 0.05) is 24.1 Å². The minimum atomic E-state index is -0.512. The average molecular weight is 255 g/mol. The van der Waals surface area contributed by atoms with Crippen LogP contribution in [0.4, 0.5) is 8.78 Å². The predicted molar refractivity (Wildman–Crippen MR) is 61.8 cm³/mol. The Morgan fingerprint density at radius 2 is 2.00 bits per heavy atom. The van der Waals surface area contributed by atoms with Gasteiger partial charge in [0.15, 0.2) is 0 Å². The predicted octanol–water partition coefficient (Wildman–Crippen LogP) is 3.20. The molecule has 0 atom stereocenters. The van der Waals surface area contributed by atoms with Crippen molar-refractivity contribution < 1.29 is 8.78 Å². The number of hydrogen-bond donors (Lipinski definition) is 0. The van der Waals surface area contributed by atoms with Crippen LogP contribution in [-0.2, 0) is 6.42 Å². The molecule has 0 saturated heterocycles. The summed E-state index contributed by atoms with van der Waals surface area (Å²) in [6, 6.07) is 4.80. The fraction of sp³-hybridized carbons (Fsp3) is 0.167. The van der Waals surface area contributed by atoms with Crippen LogP contribution < -0.4 is 0 Å². The first-order valence-electron chi connectivity index (χ1n) is 5.04. The number of halogens is 3. The standard InChI is InChI=1S/C12H9ClF2N2/c13-5-3-12-16-6-4-11(17-12)9-7-8(14)1-2-10(9)15/h1-2,4,6-7H,3,5H2. The molecule has 0 unspecified atom stereocenters. The van der Waals surface area contributed by atoms with Crippen LogP contribution in [0.5, 0.6) is 0 Å². The minimum absolute atomic E-state index is 0.128. The van der Waals surface area contributed by atoms with Crippen molar-refractivity contribution in [2.75, 3.05) is 5.88 Å². The Morgan fingerprint density at radius 1 is 1.18 bits per heavy atom. The van der Waals surface area contributed by atoms with Crippen molar-refractivity contribution in [3.63, 3.8) is 0 Å². The highest BCUT2D eigenvalue weighted by atomic mass is 35.5. The van der Waals surface area contributed by atoms with Crippen LogP contribution in [0.3, 0.4) is 0 Å². The zero-order valence-corrected chi connectivity index (χ0v) is 9.59. The molecule has 0 N–H and O–H groups in total. The van der Waals surface area contributed by atoms with Gasteiger partial charge in [-0.25, -0.2) is 18.7 Å². The van der Waals surface area contributed by atoms with Crippen LogP contribution in [0.2, 0.25) is 0 Å². The summed E-state index contributed by atoms with van der Waals surface area (Å²) in [6.07, 6.45) is 2.00. The third-order valence-corrected chi connectivity index (χ3v) is 2.42. The Hall–Kier alpha value is -1.55. The van der Waals surface area contributed by atoms with Gasteiger partial charge in [-0.15, -0.1) is 11.6 Å². The molecule has 0 aliphatic heterocycles. The van der Waals surface area contributed by atoms with E-state index >= 15 is 0 Å². The third-order valence-electron chi connectivity index (χ3n) is 2.23. The number of hydrogen-bond acceptors (Lipinski definition) is 2. The molecule has 0 aliphatic carbocycles. The van der Waals surface area contributed by atoms with Gasteiger partial charge in [-0.05, 0) is 24.3 Å². The largest absolute Gasteiger partial charge is 0.241 e. The second-order valence-corrected chi connectivity index (χ2v) is 3.80. The molecule has 1 aromatic carbocycles. The molecule has 0 amide bonds. The van der Waals surface area contributed by atoms with Crippen LogP contribution in [0, 0.1) is 11.6 Å². The van der Waals surface area contributed by atoms with Gasteiger partial charge in [-0.2, -0.15) is 0 Å². The van der Waals surface area contributed by atoms with Gasteiger partial charge < -0.3 is 0 Å². The zero-order chi connectivity index (χ0) is 12.3. The van der Waals surface area contributed by atoms with Crippen molar-refractivity contribution >= 4 is 11.6 Å². The lowest BCUT2D eigenvalue weighted by molar-refractivity contribution is 0.602. The van der Waals surface area contributed by atoms with Crippen molar-refractivity contribution in [3.05, 3.63) is 47.9 Å². The van der Waals surface area contributed by atoms with E-state index < -0.39 is 11.6 Å². The summed E-state index contributed by atoms with van der Waals surface area (Å²) in [5.74, 6) is -0.114. The molecule has 5 heteroatoms. The highest BCUT2D eigenvalue weighted by molar-refractivity contribution is 6.17. The summed E-state index contributed by atoms with van der Waals surface area (Å²) >= 11 is 5.58. The first-order valence-corrected chi connectivity index (χ1v) is 5.57. The highest BCUT2D eigenvalue weighted by Gasteiger charge is 2.08. The Bertz CT molecular complexity index is 532. The van der Waals surface area contributed by atoms with Crippen molar-refractivity contribution in [2.45, 2.75) is 6.42 Å². The van der Waals surface area contributed by atoms with Gasteiger partial charge >= 0.3 is 0 Å². The molecule has 2 rings (SSSR count). The molecule has 0 spiro atoms. The Morgan fingerprint density at radius 3 is 2.76 bits per heavy atom. The summed E-state index contributed by atoms with van der Waals surface area (Å²) in [7, 11) is 0. The molecule has 0 fully saturated rings. The van der Waals surface area contributed by atoms with E-state index in [9.17, 15) is 8.78 Å². The molecule has 0 radical (unpaired) electrons. The molecule has 17 heavy (non-hydrogen) atoms. The zero-order valence-electron chi connectivity index (χ0n) is 8.83. The first-order chi connectivity index (χ1) is 8.20. The number of rotatable bonds is 3. The van der Waals surface area contributed by atoms with Gasteiger partial charge in [0.25, 0.3) is 0 Å². The Balaban J connectivity index is 2.45. The maximum absolute atomic E-state index is 13.5. The normalized spacial score (nSPS) is 10.5. The number of nitrogens with zero attached hydrogens (tertiary/aromatic N) is 2. The maximum atomic E-state index is 13.5. The fourth-order valence-corrected chi connectivity index (χ4v) is 1.62. The minimum Gasteiger partial charge on any atom is -0.241 e. The lowest BCUT2D eigenvalue weighted by atomic mass is 10.1. The second kappa shape index (κ2) is 5.19. The van der Waals surface area contributed by atoms with Crippen molar-refractivity contribution in [2.24, 2.45) is 0 Å². The number of aromatic nitrogens is 2. The summed E-state index contributed by atoms with van der Waals surface area (Å²) in [6.45, 7) is 0. The van der Waals surface area contributed by atoms with Crippen LogP contribution in [0.1, 0.15) is 5.82 Å². The fourth-order valence-electron chi connectivity index (χ4n) is 1.45. The Kier molecular flexibility index (Phi) is 3.64. The van der Waals surface area contributed by atoms with Crippen LogP contribution in [0.15, 0.2) is 30.5 Å². The molecule has 0 saturated carbocycles. The molecule has 1 aromatic heterocycles. The summed E-state index contributed by atoms with van der Waals surface area (Å²) in [5, 5.41) is 0. The molecule has 0 bridgehead atoms. The third kappa shape index (κ3) is 2.77. The van der Waals surface area contributed by atoms with E-state index in [0.717, 1.165) is 18.2 Å². The van der Waals surface area contributed by atoms with Gasteiger partial charge in [-0.1, -0.05) is 0 Å². The molecular formula is C12H9ClF2N2. The van der Waals surface area contributed by atoms with E-state index in [4.69, 9.17) is 11.6 Å². The van der Waals surface area contributed by atoms with Gasteiger partial charge in [0.2, 0.25) is 0 Å². The summed E-state index contributed by atoms with van der Waals surface area (Å²) in [5.41, 5.74) is 0.486. The van der Waals surface area contributed by atoms with E-state index in [0.29, 0.717) is 23.8 Å². The van der Waals surface area contributed by atoms with Gasteiger partial charge in [-0.3, -0.25) is 0 Å². The lowest BCUT2D eigenvalue weighted by Crippen LogP contribution is -1.98. The topological polar surface area (TPSA) is 25.8 Å². The molecule has 0 aliphatic rings. The molecular weight excluding hydrogens is 246 g/mol. The number of benzene rings is 1. The molecule has 2 aromatic rings. The quantitative estimate of drug-likeness (QED) is 0.786. The summed E-state index contributed by atoms with van der Waals surface area (Å²) < 4.78 is 26.6. The van der Waals surface area contributed by atoms with E-state index in [2.05, 4.69) is 9.97 Å². The van der Waals surface area contributed by atoms with Crippen LogP contribution in [-0.4, -0.2) is 15.8 Å². The van der Waals surface area contributed by atoms with E-state index in [-0.39, 0.29) is 5.56 Å². The van der Waals surface area contributed by atoms with E-state index in [1.165, 1.54) is 12.3 Å². The smallest absolute Gasteiger partial charge is 0.132 e. The maximum Gasteiger partial charge on any atom is 0.132 e. The highest BCUT2D eigenvalue weighted by Crippen LogP contribution is 2.21. The van der Waals surface area contributed by atoms with Gasteiger partial charge in [0.1, 0.15) is 17.5 Å². The van der Waals surface area contributed by atoms with E-state index in [1.807, 2.05) is 0 Å². The Labute approximate surface area is 102 Å². The molecule has 2 nitrogen and oxygen atoms in total. The lowest BCUT2D eigenvalue weighted by Gasteiger charge is -2.04. The molecule has 88 valence electrons. The second-order valence-electron chi connectivity index (χ2n) is 3.42. The monoisotopic (exact) mass is 254 g/mol. The van der Waals surface area contributed by atoms with Crippen LogP contribution in [0.25, 0.3) is 11.3 Å². The van der Waals surface area contributed by atoms with Crippen molar-refractivity contribution in [3.8, 4) is 11.3 Å². The van der Waals surface area contributed by atoms with Gasteiger partial charge in [0.05, 0.1) is 5.69 Å². The van der Waals surface area contributed by atoms with Crippen molar-refractivity contribution in [1.29, 1.82) is 0 Å². The number of alkyl halides is 1. The van der Waals surface area contributed by atoms with Crippen LogP contribution >= 0.6 is 11.6 Å². The van der Waals surface area contributed by atoms with Crippen molar-refractivity contribution in [1.82, 2.24) is 9.97 Å². The first kappa shape index (κ1) is 11.9. The average Bonchev–Trinajstić information content (AvgIpc) is 2.33.